The summed E-state index contributed by atoms with van der Waals surface area (Å²) in [6.07, 6.45) is 5.65. The van der Waals surface area contributed by atoms with E-state index < -0.39 is 0 Å². The van der Waals surface area contributed by atoms with E-state index in [-0.39, 0.29) is 18.5 Å². The molecule has 0 aliphatic heterocycles. The van der Waals surface area contributed by atoms with E-state index in [1.54, 1.807) is 6.92 Å². The fourth-order valence-corrected chi connectivity index (χ4v) is 3.41. The minimum absolute atomic E-state index is 0.00290. The molecule has 1 aromatic heterocycles. The third kappa shape index (κ3) is 3.24. The summed E-state index contributed by atoms with van der Waals surface area (Å²) in [5.74, 6) is -0.344. The lowest BCUT2D eigenvalue weighted by Crippen LogP contribution is -2.23. The fraction of sp³-hybridized carbons (Fsp3) is 0.368. The molecule has 0 unspecified atom stereocenters. The van der Waals surface area contributed by atoms with Crippen LogP contribution in [0.5, 0.6) is 0 Å². The number of esters is 1. The monoisotopic (exact) mass is 340 g/mol. The second-order valence-electron chi connectivity index (χ2n) is 6.20. The molecule has 6 heteroatoms. The summed E-state index contributed by atoms with van der Waals surface area (Å²) in [5.41, 5.74) is 15.7. The Kier molecular flexibility index (Phi) is 4.79. The smallest absolute Gasteiger partial charge is 0.340 e. The number of guanidine groups is 1. The van der Waals surface area contributed by atoms with Gasteiger partial charge in [-0.1, -0.05) is 12.1 Å². The van der Waals surface area contributed by atoms with Gasteiger partial charge >= 0.3 is 5.97 Å². The molecule has 1 aliphatic rings. The van der Waals surface area contributed by atoms with Gasteiger partial charge in [0.2, 0.25) is 0 Å². The normalized spacial score (nSPS) is 13.8. The number of allylic oxidation sites excluding steroid dienone is 2. The highest BCUT2D eigenvalue weighted by molar-refractivity contribution is 6.06. The quantitative estimate of drug-likeness (QED) is 0.497. The first-order chi connectivity index (χ1) is 12.0. The van der Waals surface area contributed by atoms with Gasteiger partial charge in [0.25, 0.3) is 0 Å². The molecule has 0 radical (unpaired) electrons. The number of fused-ring (bicyclic) bond motifs is 1. The third-order valence-corrected chi connectivity index (χ3v) is 4.62. The molecule has 1 heterocycles. The Morgan fingerprint density at radius 2 is 2.16 bits per heavy atom. The van der Waals surface area contributed by atoms with Crippen LogP contribution in [0, 0.1) is 0 Å². The lowest BCUT2D eigenvalue weighted by molar-refractivity contribution is 0.0527. The van der Waals surface area contributed by atoms with Gasteiger partial charge in [-0.25, -0.2) is 9.79 Å². The summed E-state index contributed by atoms with van der Waals surface area (Å²) in [4.78, 5) is 16.7. The van der Waals surface area contributed by atoms with Crippen LogP contribution in [0.3, 0.4) is 0 Å². The molecule has 0 saturated carbocycles. The molecular formula is C19H24N4O2. The molecule has 1 aliphatic carbocycles. The SMILES string of the molecule is CCOC(=O)c1c(CN=C(N)N)n(C)c2ccc(C3=CCCC3)cc12. The molecular weight excluding hydrogens is 316 g/mol. The summed E-state index contributed by atoms with van der Waals surface area (Å²) in [7, 11) is 1.91. The number of carbonyl (C=O) groups excluding carboxylic acids is 1. The van der Waals surface area contributed by atoms with Crippen molar-refractivity contribution in [3.05, 3.63) is 41.1 Å². The van der Waals surface area contributed by atoms with E-state index in [0.29, 0.717) is 12.2 Å². The Labute approximate surface area is 147 Å². The van der Waals surface area contributed by atoms with Gasteiger partial charge < -0.3 is 20.8 Å². The van der Waals surface area contributed by atoms with Crippen LogP contribution in [-0.2, 0) is 18.3 Å². The summed E-state index contributed by atoms with van der Waals surface area (Å²) >= 11 is 0. The van der Waals surface area contributed by atoms with Gasteiger partial charge in [0.15, 0.2) is 5.96 Å². The molecule has 0 amide bonds. The van der Waals surface area contributed by atoms with E-state index in [4.69, 9.17) is 16.2 Å². The van der Waals surface area contributed by atoms with E-state index >= 15 is 0 Å². The molecule has 6 nitrogen and oxygen atoms in total. The van der Waals surface area contributed by atoms with Crippen LogP contribution in [0.25, 0.3) is 16.5 Å². The first kappa shape index (κ1) is 17.1. The van der Waals surface area contributed by atoms with E-state index in [1.807, 2.05) is 17.7 Å². The van der Waals surface area contributed by atoms with Gasteiger partial charge in [-0.2, -0.15) is 0 Å². The molecule has 25 heavy (non-hydrogen) atoms. The summed E-state index contributed by atoms with van der Waals surface area (Å²) in [6, 6.07) is 6.24. The second kappa shape index (κ2) is 7.01. The molecule has 2 aromatic rings. The van der Waals surface area contributed by atoms with E-state index in [1.165, 1.54) is 12.0 Å². The van der Waals surface area contributed by atoms with Crippen LogP contribution < -0.4 is 11.5 Å². The number of nitrogens with zero attached hydrogens (tertiary/aromatic N) is 2. The van der Waals surface area contributed by atoms with E-state index in [0.717, 1.165) is 35.0 Å². The average Bonchev–Trinajstić information content (AvgIpc) is 3.20. The van der Waals surface area contributed by atoms with Crippen molar-refractivity contribution in [2.75, 3.05) is 6.61 Å². The minimum Gasteiger partial charge on any atom is -0.462 e. The molecule has 0 spiro atoms. The van der Waals surface area contributed by atoms with Crippen molar-refractivity contribution in [3.8, 4) is 0 Å². The number of nitrogens with two attached hydrogens (primary N) is 2. The number of aliphatic imine (C=N–C) groups is 1. The largest absolute Gasteiger partial charge is 0.462 e. The number of hydrogen-bond donors (Lipinski definition) is 2. The van der Waals surface area contributed by atoms with Crippen LogP contribution in [0.15, 0.2) is 29.3 Å². The number of benzene rings is 1. The number of aromatic nitrogens is 1. The number of rotatable bonds is 5. The first-order valence-electron chi connectivity index (χ1n) is 8.56. The Balaban J connectivity index is 2.19. The zero-order valence-electron chi connectivity index (χ0n) is 14.7. The predicted octanol–water partition coefficient (Wildman–Crippen LogP) is 2.70. The first-order valence-corrected chi connectivity index (χ1v) is 8.56. The second-order valence-corrected chi connectivity index (χ2v) is 6.20. The van der Waals surface area contributed by atoms with Crippen molar-refractivity contribution in [1.82, 2.24) is 4.57 Å². The summed E-state index contributed by atoms with van der Waals surface area (Å²) < 4.78 is 7.24. The Morgan fingerprint density at radius 3 is 2.80 bits per heavy atom. The van der Waals surface area contributed by atoms with Crippen LogP contribution in [0.4, 0.5) is 0 Å². The average molecular weight is 340 g/mol. The number of aryl methyl sites for hydroxylation is 1. The van der Waals surface area contributed by atoms with Crippen molar-refractivity contribution in [3.63, 3.8) is 0 Å². The lowest BCUT2D eigenvalue weighted by Gasteiger charge is -2.05. The van der Waals surface area contributed by atoms with Crippen molar-refractivity contribution in [1.29, 1.82) is 0 Å². The van der Waals surface area contributed by atoms with Crippen LogP contribution in [0.2, 0.25) is 0 Å². The molecule has 4 N–H and O–H groups in total. The zero-order chi connectivity index (χ0) is 18.0. The molecule has 0 fully saturated rings. The van der Waals surface area contributed by atoms with Crippen molar-refractivity contribution in [2.45, 2.75) is 32.7 Å². The number of carbonyl (C=O) groups is 1. The maximum atomic E-state index is 12.6. The van der Waals surface area contributed by atoms with Gasteiger partial charge in [-0.15, -0.1) is 0 Å². The van der Waals surface area contributed by atoms with Gasteiger partial charge in [0, 0.05) is 18.0 Å². The highest BCUT2D eigenvalue weighted by atomic mass is 16.5. The van der Waals surface area contributed by atoms with Crippen molar-refractivity contribution >= 4 is 28.4 Å². The molecule has 0 atom stereocenters. The molecule has 1 aromatic carbocycles. The summed E-state index contributed by atoms with van der Waals surface area (Å²) in [5, 5.41) is 0.882. The topological polar surface area (TPSA) is 95.6 Å². The van der Waals surface area contributed by atoms with Crippen molar-refractivity contribution in [2.24, 2.45) is 23.5 Å². The Morgan fingerprint density at radius 1 is 1.36 bits per heavy atom. The molecule has 0 saturated heterocycles. The van der Waals surface area contributed by atoms with Crippen LogP contribution in [0.1, 0.15) is 47.8 Å². The predicted molar refractivity (Wildman–Crippen MR) is 100 cm³/mol. The standard InChI is InChI=1S/C19H24N4O2/c1-3-25-18(24)17-14-10-13(12-6-4-5-7-12)8-9-15(14)23(2)16(17)11-22-19(20)21/h6,8-10H,3-5,7,11H2,1-2H3,(H4,20,21,22). The Bertz CT molecular complexity index is 873. The number of ether oxygens (including phenoxy) is 1. The molecule has 0 bridgehead atoms. The van der Waals surface area contributed by atoms with E-state index in [2.05, 4.69) is 23.2 Å². The van der Waals surface area contributed by atoms with Gasteiger partial charge in [0.1, 0.15) is 0 Å². The van der Waals surface area contributed by atoms with Crippen molar-refractivity contribution < 1.29 is 9.53 Å². The highest BCUT2D eigenvalue weighted by Crippen LogP contribution is 2.33. The van der Waals surface area contributed by atoms with Gasteiger partial charge in [0.05, 0.1) is 24.4 Å². The zero-order valence-corrected chi connectivity index (χ0v) is 14.7. The maximum absolute atomic E-state index is 12.6. The fourth-order valence-electron chi connectivity index (χ4n) is 3.41. The lowest BCUT2D eigenvalue weighted by atomic mass is 10.0. The van der Waals surface area contributed by atoms with Gasteiger partial charge in [-0.05, 0) is 49.5 Å². The molecule has 3 rings (SSSR count). The van der Waals surface area contributed by atoms with E-state index in [9.17, 15) is 4.79 Å². The highest BCUT2D eigenvalue weighted by Gasteiger charge is 2.23. The van der Waals surface area contributed by atoms with Gasteiger partial charge in [-0.3, -0.25) is 0 Å². The minimum atomic E-state index is -0.341. The maximum Gasteiger partial charge on any atom is 0.340 e. The number of hydrogen-bond acceptors (Lipinski definition) is 3. The third-order valence-electron chi connectivity index (χ3n) is 4.62. The van der Waals surface area contributed by atoms with Crippen LogP contribution >= 0.6 is 0 Å². The Hall–Kier alpha value is -2.76. The summed E-state index contributed by atoms with van der Waals surface area (Å²) in [6.45, 7) is 2.36. The van der Waals surface area contributed by atoms with Crippen LogP contribution in [-0.4, -0.2) is 23.1 Å². The molecule has 132 valence electrons.